The molecule has 3 rings (SSSR count). The minimum absolute atomic E-state index is 0.192. The van der Waals surface area contributed by atoms with Crippen LogP contribution in [0.2, 0.25) is 18.1 Å². The number of benzene rings is 1. The van der Waals surface area contributed by atoms with Gasteiger partial charge < -0.3 is 4.43 Å². The van der Waals surface area contributed by atoms with Crippen LogP contribution < -0.4 is 0 Å². The van der Waals surface area contributed by atoms with Gasteiger partial charge in [-0.25, -0.2) is 0 Å². The SMILES string of the molecule is Cc1ccc(S(=O)(=O)OCC(C)C2CCC3C(O[Si](C)(C)C(C)(C)C)CCC[C@]23C)cc1. The fraction of sp³-hybridized carbons (Fsp3) is 0.769. The first-order valence-corrected chi connectivity index (χ1v) is 16.6. The quantitative estimate of drug-likeness (QED) is 0.313. The Morgan fingerprint density at radius 2 is 1.75 bits per heavy atom. The Balaban J connectivity index is 1.68. The Kier molecular flexibility index (Phi) is 7.42. The summed E-state index contributed by atoms with van der Waals surface area (Å²) in [6.45, 7) is 18.4. The third-order valence-corrected chi connectivity index (χ3v) is 14.7. The third kappa shape index (κ3) is 5.18. The number of rotatable bonds is 7. The van der Waals surface area contributed by atoms with E-state index in [-0.39, 0.29) is 27.9 Å². The molecule has 0 bridgehead atoms. The molecule has 4 unspecified atom stereocenters. The minimum Gasteiger partial charge on any atom is -0.414 e. The zero-order valence-electron chi connectivity index (χ0n) is 21.4. The first-order chi connectivity index (χ1) is 14.7. The van der Waals surface area contributed by atoms with Gasteiger partial charge in [-0.1, -0.05) is 58.7 Å². The molecule has 0 aliphatic heterocycles. The molecule has 4 nitrogen and oxygen atoms in total. The van der Waals surface area contributed by atoms with E-state index in [4.69, 9.17) is 8.61 Å². The summed E-state index contributed by atoms with van der Waals surface area (Å²) < 4.78 is 37.9. The van der Waals surface area contributed by atoms with Crippen LogP contribution in [0.4, 0.5) is 0 Å². The molecule has 2 aliphatic carbocycles. The summed E-state index contributed by atoms with van der Waals surface area (Å²) >= 11 is 0. The lowest BCUT2D eigenvalue weighted by Crippen LogP contribution is -2.50. The second-order valence-electron chi connectivity index (χ2n) is 12.1. The van der Waals surface area contributed by atoms with Gasteiger partial charge in [0.1, 0.15) is 0 Å². The maximum absolute atomic E-state index is 12.7. The standard InChI is InChI=1S/C26H44O4SSi/c1-19-11-13-21(14-12-19)31(27,28)29-18-20(2)22-15-16-23-24(10-9-17-26(22,23)6)30-32(7,8)25(3,4)5/h11-14,20,22-24H,9-10,15-18H2,1-8H3/t20?,22?,23?,24?,26-/m1/s1. The smallest absolute Gasteiger partial charge is 0.296 e. The monoisotopic (exact) mass is 480 g/mol. The molecule has 6 heteroatoms. The summed E-state index contributed by atoms with van der Waals surface area (Å²) in [5, 5.41) is 0.213. The molecule has 5 atom stereocenters. The van der Waals surface area contributed by atoms with Gasteiger partial charge in [0.15, 0.2) is 8.32 Å². The van der Waals surface area contributed by atoms with E-state index in [0.717, 1.165) is 18.4 Å². The number of hydrogen-bond donors (Lipinski definition) is 0. The Bertz CT molecular complexity index is 887. The highest BCUT2D eigenvalue weighted by molar-refractivity contribution is 7.86. The number of fused-ring (bicyclic) bond motifs is 1. The lowest BCUT2D eigenvalue weighted by molar-refractivity contribution is -0.0245. The van der Waals surface area contributed by atoms with Gasteiger partial charge in [-0.3, -0.25) is 4.18 Å². The van der Waals surface area contributed by atoms with Crippen LogP contribution >= 0.6 is 0 Å². The van der Waals surface area contributed by atoms with Crippen molar-refractivity contribution in [3.63, 3.8) is 0 Å². The third-order valence-electron chi connectivity index (χ3n) is 8.87. The van der Waals surface area contributed by atoms with Crippen LogP contribution in [0.1, 0.15) is 72.3 Å². The number of hydrogen-bond acceptors (Lipinski definition) is 4. The van der Waals surface area contributed by atoms with Crippen LogP contribution in [-0.2, 0) is 18.7 Å². The maximum Gasteiger partial charge on any atom is 0.296 e. The highest BCUT2D eigenvalue weighted by atomic mass is 32.2. The molecule has 32 heavy (non-hydrogen) atoms. The van der Waals surface area contributed by atoms with Crippen molar-refractivity contribution in [1.82, 2.24) is 0 Å². The molecule has 0 saturated heterocycles. The molecule has 0 radical (unpaired) electrons. The van der Waals surface area contributed by atoms with E-state index in [0.29, 0.717) is 17.9 Å². The molecule has 0 aromatic heterocycles. The predicted molar refractivity (Wildman–Crippen MR) is 134 cm³/mol. The van der Waals surface area contributed by atoms with Gasteiger partial charge in [0.05, 0.1) is 11.5 Å². The van der Waals surface area contributed by atoms with Crippen LogP contribution in [0, 0.1) is 30.1 Å². The van der Waals surface area contributed by atoms with Crippen molar-refractivity contribution in [3.8, 4) is 0 Å². The summed E-state index contributed by atoms with van der Waals surface area (Å²) in [6.07, 6.45) is 6.20. The zero-order chi connectivity index (χ0) is 23.9. The fourth-order valence-electron chi connectivity index (χ4n) is 5.88. The van der Waals surface area contributed by atoms with E-state index in [1.807, 2.05) is 19.1 Å². The summed E-state index contributed by atoms with van der Waals surface area (Å²) in [6, 6.07) is 6.89. The first-order valence-electron chi connectivity index (χ1n) is 12.3. The average Bonchev–Trinajstić information content (AvgIpc) is 3.03. The average molecular weight is 481 g/mol. The lowest BCUT2D eigenvalue weighted by atomic mass is 9.62. The molecule has 0 heterocycles. The molecule has 2 fully saturated rings. The van der Waals surface area contributed by atoms with Crippen LogP contribution in [-0.4, -0.2) is 29.4 Å². The Labute approximate surface area is 197 Å². The van der Waals surface area contributed by atoms with Gasteiger partial charge in [0.2, 0.25) is 0 Å². The van der Waals surface area contributed by atoms with Crippen molar-refractivity contribution in [2.45, 2.75) is 103 Å². The van der Waals surface area contributed by atoms with E-state index < -0.39 is 18.4 Å². The lowest BCUT2D eigenvalue weighted by Gasteiger charge is -2.49. The maximum atomic E-state index is 12.7. The van der Waals surface area contributed by atoms with Crippen LogP contribution in [0.3, 0.4) is 0 Å². The Hall–Kier alpha value is -0.693. The molecule has 0 amide bonds. The first kappa shape index (κ1) is 25.9. The summed E-state index contributed by atoms with van der Waals surface area (Å²) in [5.74, 6) is 1.22. The van der Waals surface area contributed by atoms with Crippen molar-refractivity contribution in [2.24, 2.45) is 23.2 Å². The summed E-state index contributed by atoms with van der Waals surface area (Å²) in [7, 11) is -5.54. The Morgan fingerprint density at radius 1 is 1.12 bits per heavy atom. The number of aryl methyl sites for hydroxylation is 1. The summed E-state index contributed by atoms with van der Waals surface area (Å²) in [4.78, 5) is 0.242. The van der Waals surface area contributed by atoms with Gasteiger partial charge in [-0.15, -0.1) is 0 Å². The minimum atomic E-state index is -3.72. The highest BCUT2D eigenvalue weighted by Gasteiger charge is 2.54. The predicted octanol–water partition coefficient (Wildman–Crippen LogP) is 6.94. The van der Waals surface area contributed by atoms with Gasteiger partial charge >= 0.3 is 0 Å². The van der Waals surface area contributed by atoms with Gasteiger partial charge in [0.25, 0.3) is 10.1 Å². The molecular formula is C26H44O4SSi. The molecular weight excluding hydrogens is 436 g/mol. The molecule has 1 aromatic carbocycles. The van der Waals surface area contributed by atoms with Gasteiger partial charge in [-0.05, 0) is 86.0 Å². The Morgan fingerprint density at radius 3 is 2.34 bits per heavy atom. The van der Waals surface area contributed by atoms with E-state index in [1.54, 1.807) is 12.1 Å². The highest BCUT2D eigenvalue weighted by Crippen LogP contribution is 2.59. The molecule has 0 spiro atoms. The van der Waals surface area contributed by atoms with E-state index >= 15 is 0 Å². The van der Waals surface area contributed by atoms with Crippen LogP contribution in [0.5, 0.6) is 0 Å². The molecule has 2 saturated carbocycles. The van der Waals surface area contributed by atoms with Crippen molar-refractivity contribution in [3.05, 3.63) is 29.8 Å². The zero-order valence-corrected chi connectivity index (χ0v) is 23.2. The second kappa shape index (κ2) is 9.16. The van der Waals surface area contributed by atoms with E-state index in [2.05, 4.69) is 47.7 Å². The molecule has 182 valence electrons. The van der Waals surface area contributed by atoms with E-state index in [1.165, 1.54) is 19.3 Å². The molecule has 2 aliphatic rings. The van der Waals surface area contributed by atoms with E-state index in [9.17, 15) is 8.42 Å². The van der Waals surface area contributed by atoms with Crippen LogP contribution in [0.25, 0.3) is 0 Å². The van der Waals surface area contributed by atoms with Crippen LogP contribution in [0.15, 0.2) is 29.2 Å². The fourth-order valence-corrected chi connectivity index (χ4v) is 8.27. The van der Waals surface area contributed by atoms with Gasteiger partial charge in [-0.2, -0.15) is 8.42 Å². The van der Waals surface area contributed by atoms with Crippen molar-refractivity contribution >= 4 is 18.4 Å². The second-order valence-corrected chi connectivity index (χ2v) is 18.5. The van der Waals surface area contributed by atoms with Crippen molar-refractivity contribution in [1.29, 1.82) is 0 Å². The summed E-state index contributed by atoms with van der Waals surface area (Å²) in [5.41, 5.74) is 1.23. The molecule has 1 aromatic rings. The topological polar surface area (TPSA) is 52.6 Å². The van der Waals surface area contributed by atoms with Gasteiger partial charge in [0, 0.05) is 6.10 Å². The molecule has 0 N–H and O–H groups in total. The van der Waals surface area contributed by atoms with Crippen molar-refractivity contribution in [2.75, 3.05) is 6.61 Å². The van der Waals surface area contributed by atoms with Crippen molar-refractivity contribution < 1.29 is 17.0 Å². The largest absolute Gasteiger partial charge is 0.414 e. The normalized spacial score (nSPS) is 30.2.